The maximum atomic E-state index is 12.1. The molecule has 1 rings (SSSR count). The van der Waals surface area contributed by atoms with Crippen LogP contribution in [0.3, 0.4) is 0 Å². The number of hydrogen-bond donors (Lipinski definition) is 1. The van der Waals surface area contributed by atoms with Crippen LogP contribution in [-0.4, -0.2) is 29.9 Å². The molecule has 0 aliphatic carbocycles. The summed E-state index contributed by atoms with van der Waals surface area (Å²) >= 11 is 0. The Morgan fingerprint density at radius 2 is 2.00 bits per heavy atom. The summed E-state index contributed by atoms with van der Waals surface area (Å²) in [6.07, 6.45) is 4.90. The SMILES string of the molecule is CCC(N)CC(=O)N1CCCC(C(C)(C)C)CC1. The van der Waals surface area contributed by atoms with Crippen molar-refractivity contribution in [3.63, 3.8) is 0 Å². The molecule has 106 valence electrons. The fourth-order valence-corrected chi connectivity index (χ4v) is 2.71. The number of carbonyl (C=O) groups is 1. The third-order valence-corrected chi connectivity index (χ3v) is 4.27. The average molecular weight is 254 g/mol. The van der Waals surface area contributed by atoms with Crippen molar-refractivity contribution in [1.29, 1.82) is 0 Å². The maximum absolute atomic E-state index is 12.1. The van der Waals surface area contributed by atoms with E-state index in [-0.39, 0.29) is 11.9 Å². The Labute approximate surface area is 112 Å². The molecule has 0 spiro atoms. The standard InChI is InChI=1S/C15H30N2O/c1-5-13(16)11-14(18)17-9-6-7-12(8-10-17)15(2,3)4/h12-13H,5-11,16H2,1-4H3. The average Bonchev–Trinajstić information content (AvgIpc) is 2.53. The topological polar surface area (TPSA) is 46.3 Å². The minimum Gasteiger partial charge on any atom is -0.343 e. The van der Waals surface area contributed by atoms with Gasteiger partial charge in [0.15, 0.2) is 0 Å². The first-order valence-electron chi connectivity index (χ1n) is 7.38. The van der Waals surface area contributed by atoms with Gasteiger partial charge in [0, 0.05) is 25.6 Å². The zero-order valence-corrected chi connectivity index (χ0v) is 12.5. The van der Waals surface area contributed by atoms with Crippen LogP contribution in [0.1, 0.15) is 59.8 Å². The first-order valence-corrected chi connectivity index (χ1v) is 7.38. The molecular weight excluding hydrogens is 224 g/mol. The van der Waals surface area contributed by atoms with Gasteiger partial charge in [0.25, 0.3) is 0 Å². The first kappa shape index (κ1) is 15.5. The number of likely N-dealkylation sites (tertiary alicyclic amines) is 1. The van der Waals surface area contributed by atoms with Gasteiger partial charge in [0.2, 0.25) is 5.91 Å². The van der Waals surface area contributed by atoms with E-state index in [4.69, 9.17) is 5.73 Å². The van der Waals surface area contributed by atoms with Gasteiger partial charge in [-0.15, -0.1) is 0 Å². The van der Waals surface area contributed by atoms with Crippen LogP contribution >= 0.6 is 0 Å². The molecule has 3 heteroatoms. The number of carbonyl (C=O) groups excluding carboxylic acids is 1. The Balaban J connectivity index is 2.49. The molecule has 1 aliphatic heterocycles. The van der Waals surface area contributed by atoms with Gasteiger partial charge < -0.3 is 10.6 Å². The lowest BCUT2D eigenvalue weighted by molar-refractivity contribution is -0.131. The van der Waals surface area contributed by atoms with Crippen LogP contribution in [0.2, 0.25) is 0 Å². The molecule has 0 radical (unpaired) electrons. The summed E-state index contributed by atoms with van der Waals surface area (Å²) in [5.41, 5.74) is 6.23. The largest absolute Gasteiger partial charge is 0.343 e. The molecule has 2 unspecified atom stereocenters. The van der Waals surface area contributed by atoms with Gasteiger partial charge in [-0.2, -0.15) is 0 Å². The van der Waals surface area contributed by atoms with E-state index in [1.165, 1.54) is 6.42 Å². The molecular formula is C15H30N2O. The third-order valence-electron chi connectivity index (χ3n) is 4.27. The van der Waals surface area contributed by atoms with Crippen LogP contribution in [0.15, 0.2) is 0 Å². The Bertz CT molecular complexity index is 270. The lowest BCUT2D eigenvalue weighted by Gasteiger charge is -2.29. The van der Waals surface area contributed by atoms with E-state index in [9.17, 15) is 4.79 Å². The summed E-state index contributed by atoms with van der Waals surface area (Å²) in [7, 11) is 0. The van der Waals surface area contributed by atoms with Crippen LogP contribution in [0.5, 0.6) is 0 Å². The number of amides is 1. The van der Waals surface area contributed by atoms with Crippen molar-refractivity contribution < 1.29 is 4.79 Å². The Hall–Kier alpha value is -0.570. The molecule has 3 nitrogen and oxygen atoms in total. The van der Waals surface area contributed by atoms with Crippen molar-refractivity contribution in [1.82, 2.24) is 4.90 Å². The third kappa shape index (κ3) is 4.60. The van der Waals surface area contributed by atoms with Gasteiger partial charge in [0.1, 0.15) is 0 Å². The molecule has 18 heavy (non-hydrogen) atoms. The van der Waals surface area contributed by atoms with E-state index >= 15 is 0 Å². The fourth-order valence-electron chi connectivity index (χ4n) is 2.71. The highest BCUT2D eigenvalue weighted by atomic mass is 16.2. The lowest BCUT2D eigenvalue weighted by atomic mass is 9.77. The lowest BCUT2D eigenvalue weighted by Crippen LogP contribution is -2.36. The highest BCUT2D eigenvalue weighted by molar-refractivity contribution is 5.76. The second-order valence-electron chi connectivity index (χ2n) is 6.75. The van der Waals surface area contributed by atoms with Crippen molar-refractivity contribution in [2.45, 2.75) is 65.8 Å². The van der Waals surface area contributed by atoms with Crippen molar-refractivity contribution in [2.24, 2.45) is 17.1 Å². The van der Waals surface area contributed by atoms with Gasteiger partial charge in [-0.05, 0) is 37.0 Å². The van der Waals surface area contributed by atoms with Crippen LogP contribution in [0.25, 0.3) is 0 Å². The highest BCUT2D eigenvalue weighted by Crippen LogP contribution is 2.34. The second-order valence-corrected chi connectivity index (χ2v) is 6.75. The summed E-state index contributed by atoms with van der Waals surface area (Å²) in [6.45, 7) is 10.8. The predicted octanol–water partition coefficient (Wildman–Crippen LogP) is 2.79. The van der Waals surface area contributed by atoms with Crippen LogP contribution < -0.4 is 5.73 Å². The number of rotatable bonds is 3. The zero-order chi connectivity index (χ0) is 13.8. The highest BCUT2D eigenvalue weighted by Gasteiger charge is 2.28. The molecule has 2 atom stereocenters. The molecule has 0 aromatic carbocycles. The fraction of sp³-hybridized carbons (Fsp3) is 0.933. The Morgan fingerprint density at radius 3 is 2.56 bits per heavy atom. The zero-order valence-electron chi connectivity index (χ0n) is 12.5. The van der Waals surface area contributed by atoms with Gasteiger partial charge in [-0.3, -0.25) is 4.79 Å². The molecule has 1 fully saturated rings. The monoisotopic (exact) mass is 254 g/mol. The van der Waals surface area contributed by atoms with Gasteiger partial charge in [-0.25, -0.2) is 0 Å². The second kappa shape index (κ2) is 6.55. The summed E-state index contributed by atoms with van der Waals surface area (Å²) in [4.78, 5) is 14.2. The number of hydrogen-bond acceptors (Lipinski definition) is 2. The normalized spacial score (nSPS) is 23.6. The van der Waals surface area contributed by atoms with Crippen molar-refractivity contribution in [2.75, 3.05) is 13.1 Å². The smallest absolute Gasteiger partial charge is 0.224 e. The molecule has 0 aromatic rings. The van der Waals surface area contributed by atoms with E-state index < -0.39 is 0 Å². The molecule has 1 amide bonds. The van der Waals surface area contributed by atoms with Crippen LogP contribution in [-0.2, 0) is 4.79 Å². The molecule has 2 N–H and O–H groups in total. The van der Waals surface area contributed by atoms with Crippen LogP contribution in [0.4, 0.5) is 0 Å². The van der Waals surface area contributed by atoms with Gasteiger partial charge >= 0.3 is 0 Å². The Morgan fingerprint density at radius 1 is 1.33 bits per heavy atom. The summed E-state index contributed by atoms with van der Waals surface area (Å²) in [5.74, 6) is 0.981. The van der Waals surface area contributed by atoms with Crippen molar-refractivity contribution in [3.05, 3.63) is 0 Å². The van der Waals surface area contributed by atoms with Crippen LogP contribution in [0, 0.1) is 11.3 Å². The molecule has 1 aliphatic rings. The molecule has 0 aromatic heterocycles. The van der Waals surface area contributed by atoms with E-state index in [0.717, 1.165) is 38.3 Å². The maximum Gasteiger partial charge on any atom is 0.224 e. The predicted molar refractivity (Wildman–Crippen MR) is 76.3 cm³/mol. The van der Waals surface area contributed by atoms with Crippen molar-refractivity contribution >= 4 is 5.91 Å². The van der Waals surface area contributed by atoms with Crippen molar-refractivity contribution in [3.8, 4) is 0 Å². The van der Waals surface area contributed by atoms with Gasteiger partial charge in [-0.1, -0.05) is 27.7 Å². The van der Waals surface area contributed by atoms with E-state index in [1.807, 2.05) is 11.8 Å². The quantitative estimate of drug-likeness (QED) is 0.842. The number of nitrogens with two attached hydrogens (primary N) is 1. The Kier molecular flexibility index (Phi) is 5.64. The van der Waals surface area contributed by atoms with E-state index in [0.29, 0.717) is 11.8 Å². The molecule has 1 heterocycles. The minimum atomic E-state index is 0.0270. The summed E-state index contributed by atoms with van der Waals surface area (Å²) in [5, 5.41) is 0. The summed E-state index contributed by atoms with van der Waals surface area (Å²) in [6, 6.07) is 0.0270. The van der Waals surface area contributed by atoms with E-state index in [1.54, 1.807) is 0 Å². The molecule has 0 bridgehead atoms. The van der Waals surface area contributed by atoms with Gasteiger partial charge in [0.05, 0.1) is 0 Å². The molecule has 0 saturated carbocycles. The van der Waals surface area contributed by atoms with E-state index in [2.05, 4.69) is 20.8 Å². The minimum absolute atomic E-state index is 0.0270. The number of nitrogens with zero attached hydrogens (tertiary/aromatic N) is 1. The summed E-state index contributed by atoms with van der Waals surface area (Å²) < 4.78 is 0. The first-order chi connectivity index (χ1) is 8.34. The molecule has 1 saturated heterocycles.